The van der Waals surface area contributed by atoms with Crippen molar-refractivity contribution in [2.24, 2.45) is 46.3 Å². The van der Waals surface area contributed by atoms with Gasteiger partial charge in [-0.05, 0) is 147 Å². The molecule has 8 unspecified atom stereocenters. The highest BCUT2D eigenvalue weighted by atomic mass is 16.4. The number of para-hydroxylation sites is 1. The second-order valence-corrected chi connectivity index (χ2v) is 17.7. The van der Waals surface area contributed by atoms with Crippen molar-refractivity contribution >= 4 is 17.5 Å². The van der Waals surface area contributed by atoms with Crippen LogP contribution in [0.25, 0.3) is 11.3 Å². The maximum absolute atomic E-state index is 11.3. The van der Waals surface area contributed by atoms with Crippen molar-refractivity contribution in [1.29, 1.82) is 0 Å². The number of nitrogen functional groups attached to an aromatic ring is 1. The summed E-state index contributed by atoms with van der Waals surface area (Å²) in [6, 6.07) is 9.95. The summed E-state index contributed by atoms with van der Waals surface area (Å²) in [7, 11) is 0. The lowest BCUT2D eigenvalue weighted by Gasteiger charge is -2.71. The topological polar surface area (TPSA) is 142 Å². The van der Waals surface area contributed by atoms with Crippen molar-refractivity contribution < 1.29 is 15.0 Å². The van der Waals surface area contributed by atoms with Crippen LogP contribution in [-0.4, -0.2) is 73.5 Å². The van der Waals surface area contributed by atoms with Gasteiger partial charge in [-0.3, -0.25) is 4.79 Å². The Morgan fingerprint density at radius 3 is 2.41 bits per heavy atom. The van der Waals surface area contributed by atoms with E-state index in [1.165, 1.54) is 76.4 Å². The molecule has 5 aliphatic carbocycles. The highest BCUT2D eigenvalue weighted by Crippen LogP contribution is 2.72. The molecule has 14 rings (SSSR count). The first kappa shape index (κ1) is 31.9. The molecule has 10 heteroatoms. The van der Waals surface area contributed by atoms with E-state index in [1.807, 2.05) is 24.3 Å². The first-order chi connectivity index (χ1) is 24.8. The van der Waals surface area contributed by atoms with Gasteiger partial charge in [0.15, 0.2) is 5.82 Å². The number of phenolic OH excluding ortho intramolecular Hbond substituents is 1. The molecule has 0 radical (unpaired) electrons. The number of hydrogen-bond donors (Lipinski definition) is 3. The summed E-state index contributed by atoms with van der Waals surface area (Å²) in [6.45, 7) is 4.36. The molecule has 11 fully saturated rings. The average Bonchev–Trinajstić information content (AvgIpc) is 3.44. The number of carboxylic acids is 1. The zero-order valence-electron chi connectivity index (χ0n) is 29.5. The summed E-state index contributed by atoms with van der Waals surface area (Å²) in [4.78, 5) is 26.5. The van der Waals surface area contributed by atoms with Crippen LogP contribution < -0.4 is 10.6 Å². The third-order valence-electron chi connectivity index (χ3n) is 15.8. The van der Waals surface area contributed by atoms with E-state index < -0.39 is 5.97 Å². The fraction of sp³-hybridized carbons (Fsp3) is 0.634. The highest BCUT2D eigenvalue weighted by molar-refractivity contribution is 5.74. The molecule has 1 aromatic carbocycles. The molecule has 10 nitrogen and oxygen atoms in total. The van der Waals surface area contributed by atoms with E-state index in [4.69, 9.17) is 15.7 Å². The van der Waals surface area contributed by atoms with Crippen LogP contribution >= 0.6 is 0 Å². The molecule has 4 N–H and O–H groups in total. The van der Waals surface area contributed by atoms with Gasteiger partial charge in [-0.2, -0.15) is 0 Å². The number of benzene rings is 1. The molecule has 268 valence electrons. The minimum Gasteiger partial charge on any atom is -0.507 e. The average molecular weight is 690 g/mol. The molecular formula is C41H51N7O3. The Labute approximate surface area is 300 Å². The summed E-state index contributed by atoms with van der Waals surface area (Å²) in [5.41, 5.74) is 10.6. The molecule has 8 bridgehead atoms. The lowest BCUT2D eigenvalue weighted by atomic mass is 9.36. The van der Waals surface area contributed by atoms with Crippen molar-refractivity contribution in [2.45, 2.75) is 89.0 Å². The summed E-state index contributed by atoms with van der Waals surface area (Å²) in [5, 5.41) is 28.3. The van der Waals surface area contributed by atoms with Gasteiger partial charge in [-0.1, -0.05) is 12.1 Å². The Bertz CT molecular complexity index is 1820. The third-order valence-corrected chi connectivity index (χ3v) is 15.8. The Morgan fingerprint density at radius 1 is 0.902 bits per heavy atom. The van der Waals surface area contributed by atoms with E-state index in [9.17, 15) is 15.0 Å². The number of carbonyl (C=O) groups is 1. The zero-order chi connectivity index (χ0) is 34.5. The summed E-state index contributed by atoms with van der Waals surface area (Å²) >= 11 is 0. The minimum absolute atomic E-state index is 0.197. The minimum atomic E-state index is -0.625. The normalized spacial score (nSPS) is 37.8. The molecule has 8 atom stereocenters. The maximum atomic E-state index is 11.3. The second-order valence-electron chi connectivity index (χ2n) is 17.7. The van der Waals surface area contributed by atoms with Crippen molar-refractivity contribution in [3.63, 3.8) is 0 Å². The molecule has 8 heterocycles. The Kier molecular flexibility index (Phi) is 7.42. The monoisotopic (exact) mass is 689 g/mol. The first-order valence-corrected chi connectivity index (χ1v) is 19.7. The molecule has 6 aliphatic heterocycles. The molecule has 3 aromatic rings. The fourth-order valence-electron chi connectivity index (χ4n) is 13.0. The van der Waals surface area contributed by atoms with Crippen molar-refractivity contribution in [1.82, 2.24) is 25.1 Å². The fourth-order valence-corrected chi connectivity index (χ4v) is 13.0. The van der Waals surface area contributed by atoms with Crippen LogP contribution in [-0.2, 0) is 11.2 Å². The smallest absolute Gasteiger partial charge is 0.303 e. The van der Waals surface area contributed by atoms with Crippen LogP contribution in [0.4, 0.5) is 11.5 Å². The lowest BCUT2D eigenvalue weighted by Crippen LogP contribution is -2.66. The van der Waals surface area contributed by atoms with Gasteiger partial charge in [0.05, 0.1) is 11.4 Å². The number of anilines is 2. The third kappa shape index (κ3) is 5.01. The SMILES string of the molecule is Nc1nnc(-c2ccccc2O)cc1N1CC2CC3(Cc4ncc(C5CCC(N6CCC7CC8C(C6)CC78CCC(=O)O)CC5)cn4)C(CC23)C1. The van der Waals surface area contributed by atoms with Gasteiger partial charge in [-0.25, -0.2) is 9.97 Å². The van der Waals surface area contributed by atoms with Crippen LogP contribution in [0.3, 0.4) is 0 Å². The number of aromatic nitrogens is 4. The molecule has 0 spiro atoms. The molecule has 11 aliphatic rings. The first-order valence-electron chi connectivity index (χ1n) is 19.7. The summed E-state index contributed by atoms with van der Waals surface area (Å²) in [6.07, 6.45) is 17.8. The Morgan fingerprint density at radius 2 is 1.65 bits per heavy atom. The van der Waals surface area contributed by atoms with Gasteiger partial charge in [-0.15, -0.1) is 10.2 Å². The Hall–Kier alpha value is -3.79. The van der Waals surface area contributed by atoms with Gasteiger partial charge in [0, 0.05) is 56.5 Å². The molecule has 2 aromatic heterocycles. The van der Waals surface area contributed by atoms with E-state index in [-0.39, 0.29) is 11.2 Å². The molecule has 0 amide bonds. The summed E-state index contributed by atoms with van der Waals surface area (Å²) in [5.74, 6) is 5.84. The van der Waals surface area contributed by atoms with Crippen LogP contribution in [0, 0.1) is 46.3 Å². The van der Waals surface area contributed by atoms with Crippen molar-refractivity contribution in [3.8, 4) is 17.0 Å². The van der Waals surface area contributed by atoms with Crippen LogP contribution in [0.15, 0.2) is 42.7 Å². The molecular weight excluding hydrogens is 638 g/mol. The van der Waals surface area contributed by atoms with Crippen LogP contribution in [0.1, 0.15) is 87.9 Å². The van der Waals surface area contributed by atoms with Gasteiger partial charge in [0.25, 0.3) is 0 Å². The van der Waals surface area contributed by atoms with Gasteiger partial charge >= 0.3 is 5.97 Å². The zero-order valence-corrected chi connectivity index (χ0v) is 29.5. The van der Waals surface area contributed by atoms with E-state index >= 15 is 0 Å². The van der Waals surface area contributed by atoms with Crippen LogP contribution in [0.5, 0.6) is 5.75 Å². The van der Waals surface area contributed by atoms with E-state index in [2.05, 4.69) is 32.4 Å². The highest BCUT2D eigenvalue weighted by Gasteiger charge is 2.68. The Balaban J connectivity index is 0.750. The molecule has 5 saturated carbocycles. The van der Waals surface area contributed by atoms with Gasteiger partial charge in [0.2, 0.25) is 0 Å². The lowest BCUT2D eigenvalue weighted by molar-refractivity contribution is -0.220. The predicted molar refractivity (Wildman–Crippen MR) is 194 cm³/mol. The second kappa shape index (κ2) is 11.9. The number of nitrogens with two attached hydrogens (primary N) is 1. The quantitative estimate of drug-likeness (QED) is 0.239. The number of phenols is 1. The molecule has 51 heavy (non-hydrogen) atoms. The van der Waals surface area contributed by atoms with Gasteiger partial charge in [0.1, 0.15) is 11.6 Å². The van der Waals surface area contributed by atoms with Crippen molar-refractivity contribution in [2.75, 3.05) is 36.8 Å². The number of carboxylic acid groups (broad SMARTS) is 1. The van der Waals surface area contributed by atoms with E-state index in [0.29, 0.717) is 52.7 Å². The number of aromatic hydroxyl groups is 1. The predicted octanol–water partition coefficient (Wildman–Crippen LogP) is 6.17. The molecule has 6 saturated heterocycles. The van der Waals surface area contributed by atoms with E-state index in [1.54, 1.807) is 6.07 Å². The number of rotatable bonds is 9. The van der Waals surface area contributed by atoms with Gasteiger partial charge < -0.3 is 25.7 Å². The maximum Gasteiger partial charge on any atom is 0.303 e. The van der Waals surface area contributed by atoms with Crippen LogP contribution in [0.2, 0.25) is 0 Å². The standard InChI is InChI=1S/C41H51N7O3/c42-39-35(15-34(45-46-39)31-3-1-2-4-36(31)49)48-22-26-17-41(29(23-48)14-33(26)41)18-37-43-19-27(20-44-37)24-5-7-30(8-6-24)47-12-10-28-13-32-25(21-47)16-40(28,32)11-9-38(50)51/h1-4,15,19-20,24-26,28-30,32-33,49H,5-14,16-18,21-23H2,(H2,42,46)(H,50,51). The number of nitrogens with zero attached hydrogens (tertiary/aromatic N) is 6. The largest absolute Gasteiger partial charge is 0.507 e. The summed E-state index contributed by atoms with van der Waals surface area (Å²) < 4.78 is 0. The van der Waals surface area contributed by atoms with Crippen molar-refractivity contribution in [3.05, 3.63) is 54.1 Å². The number of hydrogen-bond acceptors (Lipinski definition) is 9. The van der Waals surface area contributed by atoms with E-state index in [0.717, 1.165) is 61.1 Å². The number of aliphatic carboxylic acids is 1.